The molecule has 0 fully saturated rings. The number of aromatic nitrogens is 1. The Bertz CT molecular complexity index is 1080. The number of carbonyl (C=O) groups is 2. The molecule has 0 spiro atoms. The number of hydrogen-bond donors (Lipinski definition) is 0. The lowest BCUT2D eigenvalue weighted by molar-refractivity contribution is -0.131. The maximum Gasteiger partial charge on any atom is 0.308 e. The molecule has 28 heavy (non-hydrogen) atoms. The Labute approximate surface area is 162 Å². The van der Waals surface area contributed by atoms with Gasteiger partial charge in [0.1, 0.15) is 0 Å². The largest absolute Gasteiger partial charge is 0.493 e. The highest BCUT2D eigenvalue weighted by atomic mass is 19.1. The smallest absolute Gasteiger partial charge is 0.308 e. The Morgan fingerprint density at radius 1 is 1.11 bits per heavy atom. The maximum absolute atomic E-state index is 14.7. The minimum atomic E-state index is -0.573. The van der Waals surface area contributed by atoms with E-state index < -0.39 is 11.8 Å². The maximum atomic E-state index is 14.7. The van der Waals surface area contributed by atoms with E-state index in [9.17, 15) is 14.0 Å². The first kappa shape index (κ1) is 19.6. The lowest BCUT2D eigenvalue weighted by atomic mass is 10.0. The topological polar surface area (TPSA) is 57.5 Å². The van der Waals surface area contributed by atoms with E-state index in [1.807, 2.05) is 26.0 Å². The zero-order valence-corrected chi connectivity index (χ0v) is 16.6. The minimum absolute atomic E-state index is 0.0864. The van der Waals surface area contributed by atoms with Crippen molar-refractivity contribution >= 4 is 22.8 Å². The number of nitrogens with zero attached hydrogens (tertiary/aromatic N) is 1. The second-order valence-corrected chi connectivity index (χ2v) is 6.63. The first-order chi connectivity index (χ1) is 13.3. The normalized spacial score (nSPS) is 10.9. The third-order valence-corrected chi connectivity index (χ3v) is 4.75. The van der Waals surface area contributed by atoms with Gasteiger partial charge in [-0.25, -0.2) is 4.39 Å². The van der Waals surface area contributed by atoms with Gasteiger partial charge in [0, 0.05) is 24.1 Å². The quantitative estimate of drug-likeness (QED) is 0.619. The van der Waals surface area contributed by atoms with E-state index >= 15 is 0 Å². The van der Waals surface area contributed by atoms with Gasteiger partial charge >= 0.3 is 5.97 Å². The molecule has 0 atom stereocenters. The van der Waals surface area contributed by atoms with Crippen LogP contribution in [0.2, 0.25) is 0 Å². The van der Waals surface area contributed by atoms with Crippen LogP contribution in [0, 0.1) is 19.7 Å². The van der Waals surface area contributed by atoms with Gasteiger partial charge in [-0.05, 0) is 32.4 Å². The van der Waals surface area contributed by atoms with Crippen molar-refractivity contribution in [1.29, 1.82) is 0 Å². The van der Waals surface area contributed by atoms with Crippen LogP contribution >= 0.6 is 0 Å². The van der Waals surface area contributed by atoms with Crippen molar-refractivity contribution in [3.05, 3.63) is 58.5 Å². The highest BCUT2D eigenvalue weighted by Crippen LogP contribution is 2.41. The molecule has 2 aromatic carbocycles. The number of rotatable bonds is 4. The molecule has 0 radical (unpaired) electrons. The summed E-state index contributed by atoms with van der Waals surface area (Å²) >= 11 is 0. The summed E-state index contributed by atoms with van der Waals surface area (Å²) in [6, 6.07) is 8.36. The highest BCUT2D eigenvalue weighted by Gasteiger charge is 2.27. The fraction of sp³-hybridized carbons (Fsp3) is 0.273. The van der Waals surface area contributed by atoms with E-state index in [0.29, 0.717) is 34.1 Å². The van der Waals surface area contributed by atoms with Crippen LogP contribution in [0.1, 0.15) is 41.0 Å². The molecule has 0 unspecified atom stereocenters. The van der Waals surface area contributed by atoms with Gasteiger partial charge in [-0.1, -0.05) is 24.6 Å². The second kappa shape index (κ2) is 7.46. The first-order valence-corrected chi connectivity index (χ1v) is 9.00. The molecule has 0 aliphatic rings. The molecule has 0 aliphatic heterocycles. The Kier molecular flexibility index (Phi) is 5.23. The Morgan fingerprint density at radius 3 is 2.29 bits per heavy atom. The third kappa shape index (κ3) is 3.15. The fourth-order valence-electron chi connectivity index (χ4n) is 3.48. The van der Waals surface area contributed by atoms with Gasteiger partial charge in [0.25, 0.3) is 5.91 Å². The Morgan fingerprint density at radius 2 is 1.75 bits per heavy atom. The molecule has 0 amide bonds. The molecule has 3 aromatic rings. The number of methoxy groups -OCH3 is 1. The average Bonchev–Trinajstić information content (AvgIpc) is 2.91. The number of ether oxygens (including phenoxy) is 2. The van der Waals surface area contributed by atoms with E-state index in [-0.39, 0.29) is 17.4 Å². The molecule has 0 bridgehead atoms. The van der Waals surface area contributed by atoms with Gasteiger partial charge < -0.3 is 9.47 Å². The standard InChI is InChI=1S/C22H22FNO4/c1-6-16-19-18(11-17(23)21(16)27-5)24(13(3)20(19)28-14(4)25)22(26)15-9-7-12(2)8-10-15/h7-11H,6H2,1-5H3. The van der Waals surface area contributed by atoms with Crippen LogP contribution in [0.3, 0.4) is 0 Å². The average molecular weight is 383 g/mol. The lowest BCUT2D eigenvalue weighted by Crippen LogP contribution is -2.14. The van der Waals surface area contributed by atoms with E-state index in [0.717, 1.165) is 5.56 Å². The molecule has 3 rings (SSSR count). The molecule has 6 heteroatoms. The van der Waals surface area contributed by atoms with Crippen LogP contribution < -0.4 is 9.47 Å². The lowest BCUT2D eigenvalue weighted by Gasteiger charge is -2.11. The third-order valence-electron chi connectivity index (χ3n) is 4.75. The van der Waals surface area contributed by atoms with Gasteiger partial charge in [0.2, 0.25) is 0 Å². The van der Waals surface area contributed by atoms with Crippen molar-refractivity contribution < 1.29 is 23.5 Å². The molecule has 1 heterocycles. The second-order valence-electron chi connectivity index (χ2n) is 6.63. The Balaban J connectivity index is 2.38. The number of fused-ring (bicyclic) bond motifs is 1. The molecule has 146 valence electrons. The van der Waals surface area contributed by atoms with Crippen molar-refractivity contribution in [2.45, 2.75) is 34.1 Å². The van der Waals surface area contributed by atoms with Crippen LogP contribution in [-0.2, 0) is 11.2 Å². The molecule has 5 nitrogen and oxygen atoms in total. The molecule has 0 N–H and O–H groups in total. The molecular formula is C22H22FNO4. The predicted octanol–water partition coefficient (Wildman–Crippen LogP) is 4.58. The van der Waals surface area contributed by atoms with Crippen LogP contribution in [0.4, 0.5) is 4.39 Å². The monoisotopic (exact) mass is 383 g/mol. The number of halogens is 1. The van der Waals surface area contributed by atoms with Crippen molar-refractivity contribution in [1.82, 2.24) is 4.57 Å². The summed E-state index contributed by atoms with van der Waals surface area (Å²) in [7, 11) is 1.39. The number of benzene rings is 2. The van der Waals surface area contributed by atoms with Crippen molar-refractivity contribution in [3.63, 3.8) is 0 Å². The molecular weight excluding hydrogens is 361 g/mol. The summed E-state index contributed by atoms with van der Waals surface area (Å²) in [5.41, 5.74) is 2.80. The van der Waals surface area contributed by atoms with Gasteiger partial charge in [-0.15, -0.1) is 0 Å². The summed E-state index contributed by atoms with van der Waals surface area (Å²) in [5, 5.41) is 0.508. The van der Waals surface area contributed by atoms with Gasteiger partial charge in [0.15, 0.2) is 17.3 Å². The van der Waals surface area contributed by atoms with E-state index in [4.69, 9.17) is 9.47 Å². The van der Waals surface area contributed by atoms with Gasteiger partial charge in [0.05, 0.1) is 23.7 Å². The predicted molar refractivity (Wildman–Crippen MR) is 105 cm³/mol. The van der Waals surface area contributed by atoms with Gasteiger partial charge in [-0.2, -0.15) is 0 Å². The molecule has 0 aliphatic carbocycles. The van der Waals surface area contributed by atoms with Crippen LogP contribution in [0.15, 0.2) is 30.3 Å². The summed E-state index contributed by atoms with van der Waals surface area (Å²) in [5.74, 6) is -1.08. The molecule has 0 saturated carbocycles. The number of aryl methyl sites for hydroxylation is 2. The summed E-state index contributed by atoms with van der Waals surface area (Å²) in [4.78, 5) is 24.9. The Hall–Kier alpha value is -3.15. The van der Waals surface area contributed by atoms with Crippen LogP contribution in [0.25, 0.3) is 10.9 Å². The van der Waals surface area contributed by atoms with E-state index in [2.05, 4.69) is 0 Å². The summed E-state index contributed by atoms with van der Waals surface area (Å²) in [6.07, 6.45) is 0.438. The SMILES string of the molecule is CCc1c(OC)c(F)cc2c1c(OC(C)=O)c(C)n2C(=O)c1ccc(C)cc1. The zero-order chi connectivity index (χ0) is 20.6. The summed E-state index contributed by atoms with van der Waals surface area (Å²) < 4.78 is 26.8. The van der Waals surface area contributed by atoms with Crippen molar-refractivity contribution in [2.24, 2.45) is 0 Å². The number of esters is 1. The zero-order valence-electron chi connectivity index (χ0n) is 16.6. The van der Waals surface area contributed by atoms with Crippen molar-refractivity contribution in [2.75, 3.05) is 7.11 Å². The molecule has 1 aromatic heterocycles. The summed E-state index contributed by atoms with van der Waals surface area (Å²) in [6.45, 7) is 6.74. The molecule has 0 saturated heterocycles. The first-order valence-electron chi connectivity index (χ1n) is 9.00. The van der Waals surface area contributed by atoms with Crippen LogP contribution in [-0.4, -0.2) is 23.6 Å². The van der Waals surface area contributed by atoms with Crippen LogP contribution in [0.5, 0.6) is 11.5 Å². The fourth-order valence-corrected chi connectivity index (χ4v) is 3.48. The highest BCUT2D eigenvalue weighted by molar-refractivity contribution is 6.07. The van der Waals surface area contributed by atoms with Gasteiger partial charge in [-0.3, -0.25) is 14.2 Å². The number of hydrogen-bond acceptors (Lipinski definition) is 4. The van der Waals surface area contributed by atoms with Crippen molar-refractivity contribution in [3.8, 4) is 11.5 Å². The minimum Gasteiger partial charge on any atom is -0.493 e. The number of carbonyl (C=O) groups excluding carboxylic acids is 2. The van der Waals surface area contributed by atoms with E-state index in [1.54, 1.807) is 19.1 Å². The van der Waals surface area contributed by atoms with E-state index in [1.165, 1.54) is 24.7 Å².